The summed E-state index contributed by atoms with van der Waals surface area (Å²) >= 11 is 0. The number of carboxylic acid groups (broad SMARTS) is 1. The van der Waals surface area contributed by atoms with Crippen LogP contribution in [0.1, 0.15) is 168 Å². The number of carbonyl (C=O) groups excluding carboxylic acids is 2. The molecule has 8 nitrogen and oxygen atoms in total. The Kier molecular flexibility index (Phi) is 31.5. The van der Waals surface area contributed by atoms with Gasteiger partial charge in [0, 0.05) is 19.3 Å². The average molecular weight is 695 g/mol. The summed E-state index contributed by atoms with van der Waals surface area (Å²) in [5.74, 6) is -1.55. The normalized spacial score (nSPS) is 13.2. The van der Waals surface area contributed by atoms with Crippen molar-refractivity contribution in [1.29, 1.82) is 0 Å². The number of ether oxygens (including phenoxy) is 3. The average Bonchev–Trinajstić information content (AvgIpc) is 3.05. The summed E-state index contributed by atoms with van der Waals surface area (Å²) in [6.07, 6.45) is 34.0. The Balaban J connectivity index is 4.28. The van der Waals surface area contributed by atoms with Crippen molar-refractivity contribution in [3.63, 3.8) is 0 Å². The Labute approximate surface area is 301 Å². The van der Waals surface area contributed by atoms with Crippen molar-refractivity contribution in [2.24, 2.45) is 0 Å². The van der Waals surface area contributed by atoms with E-state index in [1.54, 1.807) is 0 Å². The maximum Gasteiger partial charge on any atom is 0.362 e. The fourth-order valence-corrected chi connectivity index (χ4v) is 5.69. The molecule has 0 heterocycles. The fourth-order valence-electron chi connectivity index (χ4n) is 5.69. The summed E-state index contributed by atoms with van der Waals surface area (Å²) < 4.78 is 17.1. The molecule has 0 aliphatic rings. The number of quaternary nitrogens is 1. The SMILES string of the molecule is CCCCC/C=C/CCC(=O)OC(COCCC(C(=O)O)[N+](C)(C)C)COC(=O)CCCCCCC/C=C/CCCCCCCCCCC. The van der Waals surface area contributed by atoms with Crippen LogP contribution in [0.2, 0.25) is 0 Å². The topological polar surface area (TPSA) is 99.1 Å². The molecular weight excluding hydrogens is 618 g/mol. The van der Waals surface area contributed by atoms with Crippen molar-refractivity contribution >= 4 is 17.9 Å². The number of hydrogen-bond donors (Lipinski definition) is 1. The molecule has 0 saturated heterocycles. The van der Waals surface area contributed by atoms with Crippen LogP contribution in [0.5, 0.6) is 0 Å². The molecule has 2 unspecified atom stereocenters. The zero-order valence-electron chi connectivity index (χ0n) is 32.4. The maximum absolute atomic E-state index is 12.5. The first-order valence-electron chi connectivity index (χ1n) is 19.9. The minimum Gasteiger partial charge on any atom is -0.477 e. The molecule has 8 heteroatoms. The summed E-state index contributed by atoms with van der Waals surface area (Å²) in [5, 5.41) is 9.56. The van der Waals surface area contributed by atoms with Gasteiger partial charge in [0.15, 0.2) is 12.1 Å². The zero-order chi connectivity index (χ0) is 36.4. The molecule has 0 aromatic heterocycles. The number of esters is 2. The van der Waals surface area contributed by atoms with Gasteiger partial charge in [0.2, 0.25) is 0 Å². The molecule has 0 aromatic carbocycles. The highest BCUT2D eigenvalue weighted by Crippen LogP contribution is 2.13. The lowest BCUT2D eigenvalue weighted by molar-refractivity contribution is -0.887. The van der Waals surface area contributed by atoms with Gasteiger partial charge >= 0.3 is 17.9 Å². The quantitative estimate of drug-likeness (QED) is 0.0305. The van der Waals surface area contributed by atoms with Crippen LogP contribution >= 0.6 is 0 Å². The van der Waals surface area contributed by atoms with E-state index in [9.17, 15) is 19.5 Å². The van der Waals surface area contributed by atoms with E-state index in [1.165, 1.54) is 83.5 Å². The largest absolute Gasteiger partial charge is 0.477 e. The van der Waals surface area contributed by atoms with Crippen LogP contribution in [-0.2, 0) is 28.6 Å². The number of aliphatic carboxylic acids is 1. The molecule has 0 rings (SSSR count). The number of unbranched alkanes of at least 4 members (excludes halogenated alkanes) is 17. The third kappa shape index (κ3) is 31.5. The fraction of sp³-hybridized carbons (Fsp3) is 0.829. The van der Waals surface area contributed by atoms with Gasteiger partial charge in [-0.1, -0.05) is 122 Å². The monoisotopic (exact) mass is 695 g/mol. The van der Waals surface area contributed by atoms with Crippen molar-refractivity contribution in [1.82, 2.24) is 0 Å². The third-order valence-electron chi connectivity index (χ3n) is 8.84. The Morgan fingerprint density at radius 3 is 1.59 bits per heavy atom. The summed E-state index contributed by atoms with van der Waals surface area (Å²) in [7, 11) is 5.50. The van der Waals surface area contributed by atoms with Crippen LogP contribution < -0.4 is 0 Å². The van der Waals surface area contributed by atoms with Crippen LogP contribution in [0.4, 0.5) is 0 Å². The zero-order valence-corrected chi connectivity index (χ0v) is 32.4. The van der Waals surface area contributed by atoms with Crippen molar-refractivity contribution in [3.05, 3.63) is 24.3 Å². The molecule has 0 bridgehead atoms. The van der Waals surface area contributed by atoms with Crippen LogP contribution in [0, 0.1) is 0 Å². The first-order valence-corrected chi connectivity index (χ1v) is 19.9. The second-order valence-corrected chi connectivity index (χ2v) is 14.5. The highest BCUT2D eigenvalue weighted by atomic mass is 16.6. The number of carboxylic acids is 1. The first kappa shape index (κ1) is 46.8. The third-order valence-corrected chi connectivity index (χ3v) is 8.84. The highest BCUT2D eigenvalue weighted by Gasteiger charge is 2.31. The van der Waals surface area contributed by atoms with Gasteiger partial charge < -0.3 is 23.8 Å². The Morgan fingerprint density at radius 1 is 0.592 bits per heavy atom. The summed E-state index contributed by atoms with van der Waals surface area (Å²) in [6.45, 7) is 4.61. The smallest absolute Gasteiger partial charge is 0.362 e. The van der Waals surface area contributed by atoms with E-state index >= 15 is 0 Å². The van der Waals surface area contributed by atoms with E-state index in [-0.39, 0.29) is 42.7 Å². The predicted molar refractivity (Wildman–Crippen MR) is 202 cm³/mol. The number of nitrogens with zero attached hydrogens (tertiary/aromatic N) is 1. The van der Waals surface area contributed by atoms with E-state index < -0.39 is 18.1 Å². The summed E-state index contributed by atoms with van der Waals surface area (Å²) in [5.41, 5.74) is 0. The van der Waals surface area contributed by atoms with Gasteiger partial charge in [-0.2, -0.15) is 0 Å². The van der Waals surface area contributed by atoms with Gasteiger partial charge in [0.05, 0.1) is 34.4 Å². The molecule has 0 aromatic rings. The molecule has 0 fully saturated rings. The summed E-state index contributed by atoms with van der Waals surface area (Å²) in [4.78, 5) is 36.6. The lowest BCUT2D eigenvalue weighted by Gasteiger charge is -2.31. The molecule has 286 valence electrons. The molecule has 0 spiro atoms. The van der Waals surface area contributed by atoms with Gasteiger partial charge in [0.1, 0.15) is 6.61 Å². The predicted octanol–water partition coefficient (Wildman–Crippen LogP) is 10.1. The van der Waals surface area contributed by atoms with E-state index in [2.05, 4.69) is 32.1 Å². The Bertz CT molecular complexity index is 864. The van der Waals surface area contributed by atoms with E-state index in [0.717, 1.165) is 44.9 Å². The molecule has 0 aliphatic heterocycles. The second-order valence-electron chi connectivity index (χ2n) is 14.5. The minimum absolute atomic E-state index is 0.0446. The van der Waals surface area contributed by atoms with E-state index in [4.69, 9.17) is 14.2 Å². The second kappa shape index (κ2) is 33.0. The van der Waals surface area contributed by atoms with Gasteiger partial charge in [-0.25, -0.2) is 4.79 Å². The molecular formula is C41H76NO7+. The lowest BCUT2D eigenvalue weighted by atomic mass is 10.1. The number of likely N-dealkylation sites (N-methyl/N-ethyl adjacent to an activating group) is 1. The van der Waals surface area contributed by atoms with Gasteiger partial charge in [-0.05, 0) is 51.4 Å². The molecule has 49 heavy (non-hydrogen) atoms. The number of hydrogen-bond acceptors (Lipinski definition) is 6. The Hall–Kier alpha value is -2.19. The maximum atomic E-state index is 12.5. The van der Waals surface area contributed by atoms with Crippen LogP contribution in [0.25, 0.3) is 0 Å². The lowest BCUT2D eigenvalue weighted by Crippen LogP contribution is -2.50. The van der Waals surface area contributed by atoms with Gasteiger partial charge in [-0.3, -0.25) is 9.59 Å². The standard InChI is InChI=1S/C41H75NO7/c1-6-8-10-12-14-15-16-17-18-19-20-21-22-23-24-26-27-29-31-39(43)48-36-37(35-47-34-33-38(41(45)46)42(3,4)5)49-40(44)32-30-28-25-13-11-9-7-2/h20-21,25,28,37-38H,6-19,22-24,26-27,29-36H2,1-5H3/p+1/b21-20+,28-25+. The summed E-state index contributed by atoms with van der Waals surface area (Å²) in [6, 6.07) is -0.617. The highest BCUT2D eigenvalue weighted by molar-refractivity contribution is 5.72. The van der Waals surface area contributed by atoms with Crippen molar-refractivity contribution < 1.29 is 38.2 Å². The van der Waals surface area contributed by atoms with Crippen LogP contribution in [-0.4, -0.2) is 80.6 Å². The van der Waals surface area contributed by atoms with Gasteiger partial charge in [-0.15, -0.1) is 0 Å². The van der Waals surface area contributed by atoms with Crippen LogP contribution in [0.3, 0.4) is 0 Å². The molecule has 1 N–H and O–H groups in total. The minimum atomic E-state index is -0.882. The van der Waals surface area contributed by atoms with E-state index in [0.29, 0.717) is 19.3 Å². The van der Waals surface area contributed by atoms with Crippen molar-refractivity contribution in [2.75, 3.05) is 41.0 Å². The number of carbonyl (C=O) groups is 3. The Morgan fingerprint density at radius 2 is 1.06 bits per heavy atom. The van der Waals surface area contributed by atoms with E-state index in [1.807, 2.05) is 27.2 Å². The van der Waals surface area contributed by atoms with Crippen molar-refractivity contribution in [3.8, 4) is 0 Å². The molecule has 0 aliphatic carbocycles. The number of rotatable bonds is 35. The molecule has 0 amide bonds. The molecule has 2 atom stereocenters. The van der Waals surface area contributed by atoms with Crippen LogP contribution in [0.15, 0.2) is 24.3 Å². The first-order chi connectivity index (χ1) is 23.6. The van der Waals surface area contributed by atoms with Gasteiger partial charge in [0.25, 0.3) is 0 Å². The van der Waals surface area contributed by atoms with Crippen molar-refractivity contribution in [2.45, 2.75) is 180 Å². The molecule has 0 radical (unpaired) electrons. The molecule has 0 saturated carbocycles. The number of allylic oxidation sites excluding steroid dienone is 4.